The normalized spacial score (nSPS) is 21.0. The summed E-state index contributed by atoms with van der Waals surface area (Å²) >= 11 is 0. The molecule has 1 N–H and O–H groups in total. The first kappa shape index (κ1) is 18.7. The van der Waals surface area contributed by atoms with Crippen LogP contribution < -0.4 is 5.32 Å². The molecule has 0 radical (unpaired) electrons. The van der Waals surface area contributed by atoms with Gasteiger partial charge in [0.2, 0.25) is 0 Å². The second kappa shape index (κ2) is 7.63. The second-order valence-electron chi connectivity index (χ2n) is 7.07. The molecule has 1 amide bonds. The van der Waals surface area contributed by atoms with Gasteiger partial charge in [0, 0.05) is 31.9 Å². The summed E-state index contributed by atoms with van der Waals surface area (Å²) in [5.74, 6) is 0.252. The van der Waals surface area contributed by atoms with Crippen molar-refractivity contribution in [2.24, 2.45) is 5.92 Å². The molecule has 0 bridgehead atoms. The Morgan fingerprint density at radius 1 is 1.19 bits per heavy atom. The molecule has 3 rings (SSSR count). The van der Waals surface area contributed by atoms with Crippen molar-refractivity contribution in [1.82, 2.24) is 10.2 Å². The fraction of sp³-hybridized carbons (Fsp3) is 0.421. The Labute approximate surface area is 154 Å². The van der Waals surface area contributed by atoms with Gasteiger partial charge in [0.25, 0.3) is 5.91 Å². The van der Waals surface area contributed by atoms with Gasteiger partial charge in [-0.15, -0.1) is 0 Å². The standard InChI is InChI=1S/C19H24N2O4S/c1-14-10-21(11-15-6-4-3-5-7-15)12-17(14)20-19(22)18-9-8-16(25-18)13-26(2,23)24/h3-9,14,17H,10-13H2,1-2H3,(H,20,22)/t14-,17+/m0/s1. The molecule has 0 spiro atoms. The van der Waals surface area contributed by atoms with Gasteiger partial charge in [-0.2, -0.15) is 0 Å². The molecule has 1 saturated heterocycles. The van der Waals surface area contributed by atoms with Crippen molar-refractivity contribution in [3.05, 3.63) is 59.5 Å². The molecule has 1 aromatic carbocycles. The Morgan fingerprint density at radius 2 is 1.92 bits per heavy atom. The molecule has 0 saturated carbocycles. The third-order valence-electron chi connectivity index (χ3n) is 4.54. The highest BCUT2D eigenvalue weighted by Gasteiger charge is 2.31. The number of sulfone groups is 1. The number of furan rings is 1. The number of hydrogen-bond acceptors (Lipinski definition) is 5. The minimum Gasteiger partial charge on any atom is -0.455 e. The molecule has 1 fully saturated rings. The number of hydrogen-bond donors (Lipinski definition) is 1. The molecule has 0 unspecified atom stereocenters. The molecule has 0 aliphatic carbocycles. The van der Waals surface area contributed by atoms with Crippen molar-refractivity contribution in [3.63, 3.8) is 0 Å². The third kappa shape index (κ3) is 4.95. The van der Waals surface area contributed by atoms with Crippen molar-refractivity contribution >= 4 is 15.7 Å². The lowest BCUT2D eigenvalue weighted by atomic mass is 10.1. The van der Waals surface area contributed by atoms with Crippen LogP contribution in [0.1, 0.15) is 28.8 Å². The Balaban J connectivity index is 1.57. The fourth-order valence-electron chi connectivity index (χ4n) is 3.30. The highest BCUT2D eigenvalue weighted by molar-refractivity contribution is 7.89. The first-order valence-electron chi connectivity index (χ1n) is 8.64. The summed E-state index contributed by atoms with van der Waals surface area (Å²) < 4.78 is 28.0. The summed E-state index contributed by atoms with van der Waals surface area (Å²) in [6, 6.07) is 13.4. The lowest BCUT2D eigenvalue weighted by Gasteiger charge is -2.16. The molecule has 2 heterocycles. The molecule has 1 aliphatic rings. The molecular weight excluding hydrogens is 352 g/mol. The SMILES string of the molecule is C[C@H]1CN(Cc2ccccc2)C[C@H]1NC(=O)c1ccc(CS(C)(=O)=O)o1. The lowest BCUT2D eigenvalue weighted by molar-refractivity contribution is 0.0901. The number of carbonyl (C=O) groups is 1. The van der Waals surface area contributed by atoms with Gasteiger partial charge in [0.1, 0.15) is 11.5 Å². The first-order chi connectivity index (χ1) is 12.3. The summed E-state index contributed by atoms with van der Waals surface area (Å²) in [6.07, 6.45) is 1.14. The van der Waals surface area contributed by atoms with Gasteiger partial charge in [-0.25, -0.2) is 8.42 Å². The lowest BCUT2D eigenvalue weighted by Crippen LogP contribution is -2.39. The molecule has 7 heteroatoms. The van der Waals surface area contributed by atoms with E-state index in [0.29, 0.717) is 5.92 Å². The minimum atomic E-state index is -3.19. The molecule has 2 atom stereocenters. The smallest absolute Gasteiger partial charge is 0.287 e. The van der Waals surface area contributed by atoms with Gasteiger partial charge >= 0.3 is 0 Å². The molecule has 6 nitrogen and oxygen atoms in total. The van der Waals surface area contributed by atoms with Crippen LogP contribution in [0, 0.1) is 5.92 Å². The molecule has 1 aromatic heterocycles. The van der Waals surface area contributed by atoms with Gasteiger partial charge in [-0.1, -0.05) is 37.3 Å². The van der Waals surface area contributed by atoms with Crippen molar-refractivity contribution in [3.8, 4) is 0 Å². The zero-order chi connectivity index (χ0) is 18.7. The Hall–Kier alpha value is -2.12. The third-order valence-corrected chi connectivity index (χ3v) is 5.35. The zero-order valence-electron chi connectivity index (χ0n) is 15.0. The molecule has 140 valence electrons. The van der Waals surface area contributed by atoms with Crippen LogP contribution in [-0.2, 0) is 22.1 Å². The molecule has 2 aromatic rings. The molecule has 1 aliphatic heterocycles. The summed E-state index contributed by atoms with van der Waals surface area (Å²) in [7, 11) is -3.19. The van der Waals surface area contributed by atoms with Gasteiger partial charge in [0.15, 0.2) is 15.6 Å². The summed E-state index contributed by atoms with van der Waals surface area (Å²) in [5, 5.41) is 3.01. The Bertz CT molecular complexity index is 861. The van der Waals surface area contributed by atoms with Gasteiger partial charge < -0.3 is 9.73 Å². The average molecular weight is 376 g/mol. The van der Waals surface area contributed by atoms with Crippen LogP contribution in [0.3, 0.4) is 0 Å². The predicted molar refractivity (Wildman–Crippen MR) is 99.4 cm³/mol. The summed E-state index contributed by atoms with van der Waals surface area (Å²) in [6.45, 7) is 4.67. The highest BCUT2D eigenvalue weighted by atomic mass is 32.2. The van der Waals surface area contributed by atoms with E-state index in [1.54, 1.807) is 0 Å². The maximum Gasteiger partial charge on any atom is 0.287 e. The van der Waals surface area contributed by atoms with Crippen LogP contribution in [0.2, 0.25) is 0 Å². The monoisotopic (exact) mass is 376 g/mol. The Kier molecular flexibility index (Phi) is 5.48. The fourth-order valence-corrected chi connectivity index (χ4v) is 3.97. The predicted octanol–water partition coefficient (Wildman–Crippen LogP) is 2.07. The minimum absolute atomic E-state index is 0.0367. The van der Waals surface area contributed by atoms with Crippen molar-refractivity contribution in [2.75, 3.05) is 19.3 Å². The number of likely N-dealkylation sites (tertiary alicyclic amines) is 1. The largest absolute Gasteiger partial charge is 0.455 e. The van der Waals surface area contributed by atoms with Crippen molar-refractivity contribution in [1.29, 1.82) is 0 Å². The topological polar surface area (TPSA) is 79.6 Å². The number of rotatable bonds is 6. The van der Waals surface area contributed by atoms with E-state index >= 15 is 0 Å². The zero-order valence-corrected chi connectivity index (χ0v) is 15.8. The first-order valence-corrected chi connectivity index (χ1v) is 10.7. The van der Waals surface area contributed by atoms with Gasteiger partial charge in [-0.3, -0.25) is 9.69 Å². The highest BCUT2D eigenvalue weighted by Crippen LogP contribution is 2.20. The Morgan fingerprint density at radius 3 is 2.62 bits per heavy atom. The van der Waals surface area contributed by atoms with E-state index in [2.05, 4.69) is 29.3 Å². The quantitative estimate of drug-likeness (QED) is 0.835. The van der Waals surface area contributed by atoms with Crippen molar-refractivity contribution < 1.29 is 17.6 Å². The van der Waals surface area contributed by atoms with E-state index in [1.165, 1.54) is 17.7 Å². The van der Waals surface area contributed by atoms with Gasteiger partial charge in [0.05, 0.1) is 0 Å². The molecular formula is C19H24N2O4S. The van der Waals surface area contributed by atoms with E-state index in [1.807, 2.05) is 18.2 Å². The van der Waals surface area contributed by atoms with Crippen molar-refractivity contribution in [2.45, 2.75) is 25.3 Å². The number of carbonyl (C=O) groups excluding carboxylic acids is 1. The van der Waals surface area contributed by atoms with Crippen LogP contribution in [0.5, 0.6) is 0 Å². The summed E-state index contributed by atoms with van der Waals surface area (Å²) in [4.78, 5) is 14.7. The van der Waals surface area contributed by atoms with Gasteiger partial charge in [-0.05, 0) is 23.6 Å². The van der Waals surface area contributed by atoms with E-state index in [0.717, 1.165) is 25.9 Å². The van der Waals surface area contributed by atoms with E-state index in [-0.39, 0.29) is 29.2 Å². The van der Waals surface area contributed by atoms with Crippen LogP contribution in [0.25, 0.3) is 0 Å². The average Bonchev–Trinajstić information content (AvgIpc) is 3.14. The maximum absolute atomic E-state index is 12.4. The number of amides is 1. The van der Waals surface area contributed by atoms with Crippen LogP contribution in [-0.4, -0.2) is 44.6 Å². The van der Waals surface area contributed by atoms with Crippen LogP contribution in [0.15, 0.2) is 46.9 Å². The second-order valence-corrected chi connectivity index (χ2v) is 9.21. The molecule has 26 heavy (non-hydrogen) atoms. The number of nitrogens with one attached hydrogen (secondary N) is 1. The van der Waals surface area contributed by atoms with Crippen LogP contribution in [0.4, 0.5) is 0 Å². The van der Waals surface area contributed by atoms with E-state index < -0.39 is 9.84 Å². The van der Waals surface area contributed by atoms with Crippen LogP contribution >= 0.6 is 0 Å². The number of benzene rings is 1. The maximum atomic E-state index is 12.4. The summed E-state index contributed by atoms with van der Waals surface area (Å²) in [5.41, 5.74) is 1.25. The van der Waals surface area contributed by atoms with E-state index in [4.69, 9.17) is 4.42 Å². The number of nitrogens with zero attached hydrogens (tertiary/aromatic N) is 1. The van der Waals surface area contributed by atoms with E-state index in [9.17, 15) is 13.2 Å².